The Labute approximate surface area is 124 Å². The van der Waals surface area contributed by atoms with E-state index in [0.717, 1.165) is 37.8 Å². The number of hydrogen-bond acceptors (Lipinski definition) is 3. The third kappa shape index (κ3) is 2.41. The Balaban J connectivity index is 1.79. The van der Waals surface area contributed by atoms with Crippen LogP contribution in [0.2, 0.25) is 0 Å². The summed E-state index contributed by atoms with van der Waals surface area (Å²) in [7, 11) is 0. The quantitative estimate of drug-likeness (QED) is 0.887. The lowest BCUT2D eigenvalue weighted by Crippen LogP contribution is -2.51. The van der Waals surface area contributed by atoms with E-state index in [1.165, 1.54) is 0 Å². The van der Waals surface area contributed by atoms with Gasteiger partial charge in [0.25, 0.3) is 5.91 Å². The van der Waals surface area contributed by atoms with Crippen LogP contribution in [0.1, 0.15) is 54.7 Å². The second-order valence-electron chi connectivity index (χ2n) is 6.57. The summed E-state index contributed by atoms with van der Waals surface area (Å²) < 4.78 is 0. The number of aromatic nitrogens is 1. The van der Waals surface area contributed by atoms with Crippen LogP contribution in [0.15, 0.2) is 18.2 Å². The van der Waals surface area contributed by atoms with Crippen LogP contribution < -0.4 is 11.1 Å². The second kappa shape index (κ2) is 4.83. The highest BCUT2D eigenvalue weighted by Crippen LogP contribution is 2.53. The molecule has 1 heterocycles. The van der Waals surface area contributed by atoms with E-state index in [1.54, 1.807) is 6.07 Å². The molecule has 112 valence electrons. The van der Waals surface area contributed by atoms with Gasteiger partial charge in [-0.25, -0.2) is 4.98 Å². The maximum Gasteiger partial charge on any atom is 0.270 e. The average Bonchev–Trinajstić information content (AvgIpc) is 2.71. The summed E-state index contributed by atoms with van der Waals surface area (Å²) in [6, 6.07) is 5.42. The molecular formula is C16H21N3O2. The minimum atomic E-state index is -0.411. The number of hydrogen-bond donors (Lipinski definition) is 2. The lowest BCUT2D eigenvalue weighted by atomic mass is 9.72. The summed E-state index contributed by atoms with van der Waals surface area (Å²) >= 11 is 0. The van der Waals surface area contributed by atoms with Gasteiger partial charge in [-0.15, -0.1) is 0 Å². The van der Waals surface area contributed by atoms with Crippen molar-refractivity contribution in [3.63, 3.8) is 0 Å². The number of rotatable bonds is 3. The first-order chi connectivity index (χ1) is 9.95. The molecule has 5 heteroatoms. The molecule has 0 aliphatic heterocycles. The Morgan fingerprint density at radius 3 is 2.76 bits per heavy atom. The maximum absolute atomic E-state index is 12.4. The Hall–Kier alpha value is -1.91. The third-order valence-electron chi connectivity index (χ3n) is 5.09. The SMILES string of the molecule is Cc1cccc(C(=O)N[C@]23CCC[C@](C(N)=O)(CC2)C3)n1. The van der Waals surface area contributed by atoms with Crippen molar-refractivity contribution in [1.29, 1.82) is 0 Å². The molecule has 0 radical (unpaired) electrons. The molecule has 5 nitrogen and oxygen atoms in total. The minimum absolute atomic E-state index is 0.152. The molecule has 1 aromatic rings. The monoisotopic (exact) mass is 287 g/mol. The first-order valence-electron chi connectivity index (χ1n) is 7.51. The van der Waals surface area contributed by atoms with Gasteiger partial charge in [-0.3, -0.25) is 9.59 Å². The zero-order valence-electron chi connectivity index (χ0n) is 12.3. The number of nitrogens with zero attached hydrogens (tertiary/aromatic N) is 1. The number of aryl methyl sites for hydroxylation is 1. The Morgan fingerprint density at radius 2 is 2.05 bits per heavy atom. The summed E-state index contributed by atoms with van der Waals surface area (Å²) in [5, 5.41) is 3.14. The molecule has 2 bridgehead atoms. The van der Waals surface area contributed by atoms with Crippen molar-refractivity contribution in [3.8, 4) is 0 Å². The van der Waals surface area contributed by atoms with Gasteiger partial charge in [0.2, 0.25) is 5.91 Å². The largest absolute Gasteiger partial charge is 0.369 e. The number of nitrogens with one attached hydrogen (secondary N) is 1. The lowest BCUT2D eigenvalue weighted by Gasteiger charge is -2.38. The van der Waals surface area contributed by atoms with Crippen molar-refractivity contribution in [3.05, 3.63) is 29.6 Å². The Morgan fingerprint density at radius 1 is 1.24 bits per heavy atom. The molecule has 21 heavy (non-hydrogen) atoms. The molecule has 3 rings (SSSR count). The first-order valence-corrected chi connectivity index (χ1v) is 7.51. The fraction of sp³-hybridized carbons (Fsp3) is 0.562. The topological polar surface area (TPSA) is 85.1 Å². The van der Waals surface area contributed by atoms with Crippen LogP contribution in [0.4, 0.5) is 0 Å². The molecule has 2 amide bonds. The summed E-state index contributed by atoms with van der Waals surface area (Å²) in [6.45, 7) is 1.86. The van der Waals surface area contributed by atoms with Crippen molar-refractivity contribution in [2.45, 2.75) is 51.0 Å². The van der Waals surface area contributed by atoms with Gasteiger partial charge in [-0.1, -0.05) is 12.5 Å². The van der Waals surface area contributed by atoms with Crippen LogP contribution in [-0.2, 0) is 4.79 Å². The number of pyridine rings is 1. The minimum Gasteiger partial charge on any atom is -0.369 e. The van der Waals surface area contributed by atoms with E-state index in [9.17, 15) is 9.59 Å². The van der Waals surface area contributed by atoms with E-state index < -0.39 is 5.41 Å². The fourth-order valence-electron chi connectivity index (χ4n) is 3.97. The van der Waals surface area contributed by atoms with Gasteiger partial charge in [0.1, 0.15) is 5.69 Å². The van der Waals surface area contributed by atoms with Crippen LogP contribution >= 0.6 is 0 Å². The van der Waals surface area contributed by atoms with E-state index >= 15 is 0 Å². The molecule has 2 saturated carbocycles. The predicted molar refractivity (Wildman–Crippen MR) is 78.5 cm³/mol. The van der Waals surface area contributed by atoms with Crippen molar-refractivity contribution >= 4 is 11.8 Å². The van der Waals surface area contributed by atoms with Crippen LogP contribution in [0.5, 0.6) is 0 Å². The molecule has 2 fully saturated rings. The van der Waals surface area contributed by atoms with Crippen LogP contribution in [0, 0.1) is 12.3 Å². The average molecular weight is 287 g/mol. The van der Waals surface area contributed by atoms with Gasteiger partial charge >= 0.3 is 0 Å². The second-order valence-corrected chi connectivity index (χ2v) is 6.57. The third-order valence-corrected chi connectivity index (χ3v) is 5.09. The highest BCUT2D eigenvalue weighted by atomic mass is 16.2. The number of fused-ring (bicyclic) bond motifs is 2. The summed E-state index contributed by atoms with van der Waals surface area (Å²) in [6.07, 6.45) is 4.98. The fourth-order valence-corrected chi connectivity index (χ4v) is 3.97. The van der Waals surface area contributed by atoms with Crippen LogP contribution in [0.25, 0.3) is 0 Å². The summed E-state index contributed by atoms with van der Waals surface area (Å²) in [5.74, 6) is -0.368. The van der Waals surface area contributed by atoms with Crippen molar-refractivity contribution in [2.24, 2.45) is 11.1 Å². The molecule has 0 saturated heterocycles. The van der Waals surface area contributed by atoms with Crippen LogP contribution in [-0.4, -0.2) is 22.3 Å². The van der Waals surface area contributed by atoms with E-state index in [4.69, 9.17) is 5.73 Å². The van der Waals surface area contributed by atoms with Gasteiger partial charge in [-0.2, -0.15) is 0 Å². The normalized spacial score (nSPS) is 30.9. The van der Waals surface area contributed by atoms with Crippen molar-refractivity contribution in [2.75, 3.05) is 0 Å². The smallest absolute Gasteiger partial charge is 0.270 e. The molecular weight excluding hydrogens is 266 g/mol. The molecule has 2 aliphatic carbocycles. The molecule has 0 unspecified atom stereocenters. The van der Waals surface area contributed by atoms with Crippen molar-refractivity contribution < 1.29 is 9.59 Å². The van der Waals surface area contributed by atoms with Gasteiger partial charge in [-0.05, 0) is 51.2 Å². The zero-order chi connectivity index (χ0) is 15.1. The Bertz CT molecular complexity index is 601. The Kier molecular flexibility index (Phi) is 3.23. The molecule has 1 aromatic heterocycles. The van der Waals surface area contributed by atoms with Gasteiger partial charge in [0.15, 0.2) is 0 Å². The number of primary amides is 1. The first kappa shape index (κ1) is 14.0. The standard InChI is InChI=1S/C16H21N3O2/c1-11-4-2-5-12(18-11)13(20)19-16-7-3-6-15(10-16,8-9-16)14(17)21/h2,4-5H,3,6-10H2,1H3,(H2,17,21)(H,19,20)/t15-,16+/m0/s1. The highest BCUT2D eigenvalue weighted by Gasteiger charge is 2.54. The van der Waals surface area contributed by atoms with E-state index in [-0.39, 0.29) is 17.4 Å². The molecule has 2 aliphatic rings. The van der Waals surface area contributed by atoms with E-state index in [1.807, 2.05) is 19.1 Å². The van der Waals surface area contributed by atoms with E-state index in [2.05, 4.69) is 10.3 Å². The number of carbonyl (C=O) groups excluding carboxylic acids is 2. The predicted octanol–water partition coefficient (Wildman–Crippen LogP) is 1.70. The zero-order valence-corrected chi connectivity index (χ0v) is 12.3. The van der Waals surface area contributed by atoms with Gasteiger partial charge < -0.3 is 11.1 Å². The molecule has 0 spiro atoms. The van der Waals surface area contributed by atoms with Crippen LogP contribution in [0.3, 0.4) is 0 Å². The van der Waals surface area contributed by atoms with Crippen molar-refractivity contribution in [1.82, 2.24) is 10.3 Å². The summed E-state index contributed by atoms with van der Waals surface area (Å²) in [4.78, 5) is 28.5. The molecule has 3 N–H and O–H groups in total. The number of carbonyl (C=O) groups is 2. The lowest BCUT2D eigenvalue weighted by molar-refractivity contribution is -0.128. The molecule has 0 aromatic carbocycles. The summed E-state index contributed by atoms with van der Waals surface area (Å²) in [5.41, 5.74) is 6.16. The highest BCUT2D eigenvalue weighted by molar-refractivity contribution is 5.93. The van der Waals surface area contributed by atoms with Gasteiger partial charge in [0.05, 0.1) is 5.41 Å². The van der Waals surface area contributed by atoms with E-state index in [0.29, 0.717) is 12.1 Å². The number of nitrogens with two attached hydrogens (primary N) is 1. The van der Waals surface area contributed by atoms with Gasteiger partial charge in [0, 0.05) is 11.2 Å². The maximum atomic E-state index is 12.4. The molecule has 2 atom stereocenters. The number of amides is 2.